The number of benzene rings is 1. The number of nitrogens with one attached hydrogen (secondary N) is 1. The van der Waals surface area contributed by atoms with Gasteiger partial charge in [0.25, 0.3) is 0 Å². The van der Waals surface area contributed by atoms with Crippen LogP contribution in [-0.2, 0) is 0 Å². The van der Waals surface area contributed by atoms with Crippen molar-refractivity contribution >= 4 is 0 Å². The molecule has 1 aromatic carbocycles. The molecule has 2 unspecified atom stereocenters. The summed E-state index contributed by atoms with van der Waals surface area (Å²) in [5.74, 6) is 1.90. The first-order valence-electron chi connectivity index (χ1n) is 7.35. The monoisotopic (exact) mass is 263 g/mol. The normalized spacial score (nSPS) is 19.4. The van der Waals surface area contributed by atoms with Gasteiger partial charge >= 0.3 is 0 Å². The van der Waals surface area contributed by atoms with Crippen molar-refractivity contribution in [2.24, 2.45) is 0 Å². The van der Waals surface area contributed by atoms with Crippen molar-refractivity contribution in [3.63, 3.8) is 0 Å². The molecule has 106 valence electrons. The van der Waals surface area contributed by atoms with E-state index in [0.29, 0.717) is 12.1 Å². The van der Waals surface area contributed by atoms with Gasteiger partial charge in [-0.2, -0.15) is 0 Å². The fraction of sp³-hybridized carbons (Fsp3) is 0.625. The zero-order chi connectivity index (χ0) is 13.7. The Balaban J connectivity index is 2.15. The van der Waals surface area contributed by atoms with Crippen LogP contribution in [0.4, 0.5) is 0 Å². The molecule has 3 heteroatoms. The molecule has 1 N–H and O–H groups in total. The highest BCUT2D eigenvalue weighted by Gasteiger charge is 2.23. The van der Waals surface area contributed by atoms with Crippen LogP contribution in [0.15, 0.2) is 18.2 Å². The maximum atomic E-state index is 5.73. The zero-order valence-electron chi connectivity index (χ0n) is 12.2. The number of hydrogen-bond acceptors (Lipinski definition) is 3. The van der Waals surface area contributed by atoms with Gasteiger partial charge in [0.1, 0.15) is 11.5 Å². The van der Waals surface area contributed by atoms with Crippen molar-refractivity contribution < 1.29 is 9.47 Å². The third-order valence-corrected chi connectivity index (χ3v) is 3.82. The molecule has 19 heavy (non-hydrogen) atoms. The van der Waals surface area contributed by atoms with Crippen LogP contribution >= 0.6 is 0 Å². The second kappa shape index (κ2) is 6.80. The quantitative estimate of drug-likeness (QED) is 0.849. The van der Waals surface area contributed by atoms with Gasteiger partial charge in [-0.15, -0.1) is 0 Å². The van der Waals surface area contributed by atoms with E-state index in [1.165, 1.54) is 24.8 Å². The maximum absolute atomic E-state index is 5.73. The molecule has 1 heterocycles. The lowest BCUT2D eigenvalue weighted by Gasteiger charge is -2.30. The Morgan fingerprint density at radius 2 is 2.26 bits per heavy atom. The van der Waals surface area contributed by atoms with Gasteiger partial charge in [-0.25, -0.2) is 0 Å². The predicted octanol–water partition coefficient (Wildman–Crippen LogP) is 3.69. The van der Waals surface area contributed by atoms with Crippen molar-refractivity contribution in [2.45, 2.75) is 51.6 Å². The molecule has 3 nitrogen and oxygen atoms in total. The largest absolute Gasteiger partial charge is 0.497 e. The lowest BCUT2D eigenvalue weighted by molar-refractivity contribution is 0.239. The molecule has 0 bridgehead atoms. The van der Waals surface area contributed by atoms with Gasteiger partial charge in [-0.3, -0.25) is 0 Å². The molecular weight excluding hydrogens is 238 g/mol. The van der Waals surface area contributed by atoms with Crippen molar-refractivity contribution in [3.05, 3.63) is 23.8 Å². The summed E-state index contributed by atoms with van der Waals surface area (Å²) in [6.45, 7) is 5.28. The van der Waals surface area contributed by atoms with Crippen LogP contribution in [0, 0.1) is 0 Å². The molecule has 0 aliphatic carbocycles. The average molecular weight is 263 g/mol. The number of fused-ring (bicyclic) bond motifs is 1. The topological polar surface area (TPSA) is 30.5 Å². The summed E-state index contributed by atoms with van der Waals surface area (Å²) in [6, 6.07) is 7.06. The molecule has 0 spiro atoms. The second-order valence-corrected chi connectivity index (χ2v) is 5.15. The highest BCUT2D eigenvalue weighted by atomic mass is 16.5. The first-order chi connectivity index (χ1) is 9.28. The Labute approximate surface area is 116 Å². The van der Waals surface area contributed by atoms with E-state index >= 15 is 0 Å². The second-order valence-electron chi connectivity index (χ2n) is 5.15. The molecule has 0 radical (unpaired) electrons. The van der Waals surface area contributed by atoms with Gasteiger partial charge in [-0.05, 0) is 31.0 Å². The third kappa shape index (κ3) is 3.41. The van der Waals surface area contributed by atoms with E-state index in [4.69, 9.17) is 9.47 Å². The predicted molar refractivity (Wildman–Crippen MR) is 78.0 cm³/mol. The maximum Gasteiger partial charge on any atom is 0.124 e. The molecule has 0 saturated carbocycles. The summed E-state index contributed by atoms with van der Waals surface area (Å²) in [5.41, 5.74) is 1.24. The van der Waals surface area contributed by atoms with E-state index in [1.54, 1.807) is 7.11 Å². The summed E-state index contributed by atoms with van der Waals surface area (Å²) in [6.07, 6.45) is 4.65. The Bertz CT molecular complexity index is 406. The minimum Gasteiger partial charge on any atom is -0.497 e. The molecule has 2 rings (SSSR count). The van der Waals surface area contributed by atoms with Gasteiger partial charge < -0.3 is 14.8 Å². The lowest BCUT2D eigenvalue weighted by Crippen LogP contribution is -2.35. The summed E-state index contributed by atoms with van der Waals surface area (Å²) >= 11 is 0. The van der Waals surface area contributed by atoms with Gasteiger partial charge in [0, 0.05) is 24.1 Å². The Kier molecular flexibility index (Phi) is 5.08. The molecule has 1 aliphatic rings. The Morgan fingerprint density at radius 3 is 2.95 bits per heavy atom. The molecule has 1 aromatic rings. The van der Waals surface area contributed by atoms with E-state index in [9.17, 15) is 0 Å². The van der Waals surface area contributed by atoms with Crippen LogP contribution in [0.1, 0.15) is 51.1 Å². The number of ether oxygens (including phenoxy) is 2. The molecule has 1 aliphatic heterocycles. The summed E-state index contributed by atoms with van der Waals surface area (Å²) in [4.78, 5) is 0. The van der Waals surface area contributed by atoms with E-state index in [0.717, 1.165) is 24.5 Å². The van der Waals surface area contributed by atoms with Gasteiger partial charge in [0.15, 0.2) is 0 Å². The van der Waals surface area contributed by atoms with Gasteiger partial charge in [0.2, 0.25) is 0 Å². The molecular formula is C16H25NO2. The molecule has 0 aromatic heterocycles. The fourth-order valence-corrected chi connectivity index (χ4v) is 2.71. The Hall–Kier alpha value is -1.22. The zero-order valence-corrected chi connectivity index (χ0v) is 12.2. The standard InChI is InChI=1S/C16H25NO2/c1-4-6-12(5-2)17-15-9-10-19-16-8-7-13(18-3)11-14(15)16/h7-8,11-12,15,17H,4-6,9-10H2,1-3H3. The third-order valence-electron chi connectivity index (χ3n) is 3.82. The van der Waals surface area contributed by atoms with E-state index in [2.05, 4.69) is 25.2 Å². The number of methoxy groups -OCH3 is 1. The SMILES string of the molecule is CCCC(CC)NC1CCOc2ccc(OC)cc21. The summed E-state index contributed by atoms with van der Waals surface area (Å²) in [5, 5.41) is 3.78. The van der Waals surface area contributed by atoms with Crippen LogP contribution in [0.3, 0.4) is 0 Å². The van der Waals surface area contributed by atoms with Crippen molar-refractivity contribution in [2.75, 3.05) is 13.7 Å². The number of rotatable bonds is 6. The first-order valence-corrected chi connectivity index (χ1v) is 7.35. The smallest absolute Gasteiger partial charge is 0.124 e. The lowest BCUT2D eigenvalue weighted by atomic mass is 9.98. The highest BCUT2D eigenvalue weighted by Crippen LogP contribution is 2.35. The molecule has 0 saturated heterocycles. The van der Waals surface area contributed by atoms with Crippen LogP contribution in [0.25, 0.3) is 0 Å². The minimum atomic E-state index is 0.385. The van der Waals surface area contributed by atoms with E-state index in [-0.39, 0.29) is 0 Å². The summed E-state index contributed by atoms with van der Waals surface area (Å²) < 4.78 is 11.1. The average Bonchev–Trinajstić information content (AvgIpc) is 2.46. The van der Waals surface area contributed by atoms with Crippen LogP contribution in [-0.4, -0.2) is 19.8 Å². The van der Waals surface area contributed by atoms with E-state index < -0.39 is 0 Å². The van der Waals surface area contributed by atoms with Gasteiger partial charge in [0.05, 0.1) is 13.7 Å². The first kappa shape index (κ1) is 14.2. The van der Waals surface area contributed by atoms with Crippen molar-refractivity contribution in [3.8, 4) is 11.5 Å². The molecule has 2 atom stereocenters. The summed E-state index contributed by atoms with van der Waals surface area (Å²) in [7, 11) is 1.71. The van der Waals surface area contributed by atoms with Crippen LogP contribution < -0.4 is 14.8 Å². The highest BCUT2D eigenvalue weighted by molar-refractivity contribution is 5.43. The van der Waals surface area contributed by atoms with E-state index in [1.807, 2.05) is 12.1 Å². The van der Waals surface area contributed by atoms with Crippen molar-refractivity contribution in [1.29, 1.82) is 0 Å². The van der Waals surface area contributed by atoms with Crippen molar-refractivity contribution in [1.82, 2.24) is 5.32 Å². The Morgan fingerprint density at radius 1 is 1.42 bits per heavy atom. The number of hydrogen-bond donors (Lipinski definition) is 1. The fourth-order valence-electron chi connectivity index (χ4n) is 2.71. The van der Waals surface area contributed by atoms with Crippen LogP contribution in [0.2, 0.25) is 0 Å². The van der Waals surface area contributed by atoms with Crippen LogP contribution in [0.5, 0.6) is 11.5 Å². The molecule has 0 fully saturated rings. The minimum absolute atomic E-state index is 0.385. The molecule has 0 amide bonds. The van der Waals surface area contributed by atoms with Gasteiger partial charge in [-0.1, -0.05) is 20.3 Å².